The summed E-state index contributed by atoms with van der Waals surface area (Å²) in [6, 6.07) is 11.0. The number of nitrogens with zero attached hydrogens (tertiary/aromatic N) is 2. The van der Waals surface area contributed by atoms with E-state index in [1.54, 1.807) is 6.07 Å². The molecule has 0 aliphatic carbocycles. The van der Waals surface area contributed by atoms with Crippen molar-refractivity contribution >= 4 is 11.8 Å². The monoisotopic (exact) mass is 229 g/mol. The average Bonchev–Trinajstić information content (AvgIpc) is 2.39. The zero-order chi connectivity index (χ0) is 12.3. The lowest BCUT2D eigenvalue weighted by Crippen LogP contribution is -2.08. The highest BCUT2D eigenvalue weighted by atomic mass is 16.5. The molecule has 2 N–H and O–H groups in total. The number of carbonyl (C=O) groups excluding carboxylic acids is 1. The molecule has 0 unspecified atom stereocenters. The van der Waals surface area contributed by atoms with E-state index >= 15 is 0 Å². The lowest BCUT2D eigenvalue weighted by molar-refractivity contribution is 0.0601. The molecule has 1 aromatic carbocycles. The van der Waals surface area contributed by atoms with E-state index in [4.69, 9.17) is 5.73 Å². The number of rotatable bonds is 2. The van der Waals surface area contributed by atoms with Crippen molar-refractivity contribution in [1.29, 1.82) is 0 Å². The number of hydrogen-bond donors (Lipinski definition) is 1. The third-order valence-electron chi connectivity index (χ3n) is 2.30. The minimum atomic E-state index is -0.519. The number of anilines is 1. The Labute approximate surface area is 98.2 Å². The van der Waals surface area contributed by atoms with Crippen LogP contribution in [0.3, 0.4) is 0 Å². The Hall–Kier alpha value is -2.43. The molecule has 0 saturated heterocycles. The van der Waals surface area contributed by atoms with Gasteiger partial charge in [0.2, 0.25) is 0 Å². The second-order valence-corrected chi connectivity index (χ2v) is 3.39. The van der Waals surface area contributed by atoms with Crippen molar-refractivity contribution in [2.75, 3.05) is 12.8 Å². The predicted octanol–water partition coefficient (Wildman–Crippen LogP) is 1.51. The van der Waals surface area contributed by atoms with Gasteiger partial charge in [-0.3, -0.25) is 0 Å². The van der Waals surface area contributed by atoms with Crippen LogP contribution < -0.4 is 5.73 Å². The van der Waals surface area contributed by atoms with Crippen molar-refractivity contribution < 1.29 is 9.53 Å². The van der Waals surface area contributed by atoms with E-state index in [1.165, 1.54) is 7.11 Å². The second kappa shape index (κ2) is 4.61. The van der Waals surface area contributed by atoms with Crippen molar-refractivity contribution in [3.63, 3.8) is 0 Å². The Morgan fingerprint density at radius 2 is 1.94 bits per heavy atom. The van der Waals surface area contributed by atoms with Crippen LogP contribution >= 0.6 is 0 Å². The maximum atomic E-state index is 11.4. The summed E-state index contributed by atoms with van der Waals surface area (Å²) in [5, 5.41) is 7.69. The van der Waals surface area contributed by atoms with Crippen LogP contribution in [0.5, 0.6) is 0 Å². The lowest BCUT2D eigenvalue weighted by Gasteiger charge is -2.04. The van der Waals surface area contributed by atoms with Crippen LogP contribution in [0.1, 0.15) is 10.4 Å². The van der Waals surface area contributed by atoms with Gasteiger partial charge < -0.3 is 10.5 Å². The van der Waals surface area contributed by atoms with E-state index in [1.807, 2.05) is 30.3 Å². The number of methoxy groups -OCH3 is 1. The van der Waals surface area contributed by atoms with E-state index < -0.39 is 5.97 Å². The van der Waals surface area contributed by atoms with Gasteiger partial charge in [-0.1, -0.05) is 30.3 Å². The van der Waals surface area contributed by atoms with Crippen LogP contribution in [0, 0.1) is 0 Å². The molecule has 17 heavy (non-hydrogen) atoms. The number of esters is 1. The minimum Gasteiger partial charge on any atom is -0.465 e. The van der Waals surface area contributed by atoms with Gasteiger partial charge in [-0.25, -0.2) is 4.79 Å². The van der Waals surface area contributed by atoms with E-state index in [0.29, 0.717) is 5.69 Å². The largest absolute Gasteiger partial charge is 0.465 e. The van der Waals surface area contributed by atoms with Crippen LogP contribution in [0.2, 0.25) is 0 Å². The highest BCUT2D eigenvalue weighted by Gasteiger charge is 2.13. The van der Waals surface area contributed by atoms with Gasteiger partial charge >= 0.3 is 5.97 Å². The maximum Gasteiger partial charge on any atom is 0.341 e. The van der Waals surface area contributed by atoms with E-state index in [-0.39, 0.29) is 11.4 Å². The third kappa shape index (κ3) is 2.23. The second-order valence-electron chi connectivity index (χ2n) is 3.39. The van der Waals surface area contributed by atoms with Crippen molar-refractivity contribution in [1.82, 2.24) is 10.2 Å². The molecule has 1 aromatic heterocycles. The fourth-order valence-corrected chi connectivity index (χ4v) is 1.42. The number of aromatic nitrogens is 2. The molecule has 5 nitrogen and oxygen atoms in total. The molecule has 2 rings (SSSR count). The number of nitrogens with two attached hydrogens (primary N) is 1. The number of nitrogen functional groups attached to an aromatic ring is 1. The standard InChI is InChI=1S/C12H11N3O2/c1-17-12(16)9-7-10(14-15-11(9)13)8-5-3-2-4-6-8/h2-7H,1H3,(H2,13,15). The van der Waals surface area contributed by atoms with Gasteiger partial charge in [0.1, 0.15) is 5.56 Å². The Balaban J connectivity index is 2.48. The molecule has 0 atom stereocenters. The highest BCUT2D eigenvalue weighted by Crippen LogP contribution is 2.19. The van der Waals surface area contributed by atoms with Crippen LogP contribution in [0.15, 0.2) is 36.4 Å². The lowest BCUT2D eigenvalue weighted by atomic mass is 10.1. The van der Waals surface area contributed by atoms with Crippen molar-refractivity contribution in [2.45, 2.75) is 0 Å². The SMILES string of the molecule is COC(=O)c1cc(-c2ccccc2)nnc1N. The first-order valence-corrected chi connectivity index (χ1v) is 4.99. The molecular weight excluding hydrogens is 218 g/mol. The van der Waals surface area contributed by atoms with Crippen molar-refractivity contribution in [2.24, 2.45) is 0 Å². The summed E-state index contributed by atoms with van der Waals surface area (Å²) in [7, 11) is 1.30. The van der Waals surface area contributed by atoms with E-state index in [9.17, 15) is 4.79 Å². The molecule has 0 bridgehead atoms. The molecule has 0 amide bonds. The van der Waals surface area contributed by atoms with Gasteiger partial charge in [0.15, 0.2) is 5.82 Å². The van der Waals surface area contributed by atoms with Crippen LogP contribution in [0.4, 0.5) is 5.82 Å². The molecule has 0 aliphatic heterocycles. The van der Waals surface area contributed by atoms with Gasteiger partial charge in [-0.15, -0.1) is 10.2 Å². The molecule has 0 fully saturated rings. The fraction of sp³-hybridized carbons (Fsp3) is 0.0833. The zero-order valence-corrected chi connectivity index (χ0v) is 9.25. The Bertz CT molecular complexity index is 541. The molecule has 5 heteroatoms. The summed E-state index contributed by atoms with van der Waals surface area (Å²) in [5.74, 6) is -0.453. The molecule has 0 aliphatic rings. The molecule has 1 heterocycles. The first kappa shape index (κ1) is 11.1. The molecule has 0 spiro atoms. The topological polar surface area (TPSA) is 78.1 Å². The maximum absolute atomic E-state index is 11.4. The zero-order valence-electron chi connectivity index (χ0n) is 9.25. The van der Waals surface area contributed by atoms with E-state index in [0.717, 1.165) is 5.56 Å². The molecular formula is C12H11N3O2. The Morgan fingerprint density at radius 3 is 2.59 bits per heavy atom. The highest BCUT2D eigenvalue weighted by molar-refractivity contribution is 5.94. The molecule has 0 saturated carbocycles. The van der Waals surface area contributed by atoms with Crippen LogP contribution in [-0.2, 0) is 4.74 Å². The van der Waals surface area contributed by atoms with Gasteiger partial charge in [0.05, 0.1) is 12.8 Å². The Kier molecular flexibility index (Phi) is 3.00. The first-order chi connectivity index (χ1) is 8.22. The summed E-state index contributed by atoms with van der Waals surface area (Å²) in [4.78, 5) is 11.4. The fourth-order valence-electron chi connectivity index (χ4n) is 1.42. The smallest absolute Gasteiger partial charge is 0.341 e. The van der Waals surface area contributed by atoms with Crippen molar-refractivity contribution in [3.05, 3.63) is 42.0 Å². The van der Waals surface area contributed by atoms with Gasteiger partial charge in [-0.05, 0) is 6.07 Å². The first-order valence-electron chi connectivity index (χ1n) is 4.99. The molecule has 0 radical (unpaired) electrons. The normalized spacial score (nSPS) is 9.94. The molecule has 2 aromatic rings. The van der Waals surface area contributed by atoms with Crippen LogP contribution in [0.25, 0.3) is 11.3 Å². The summed E-state index contributed by atoms with van der Waals surface area (Å²) >= 11 is 0. The van der Waals surface area contributed by atoms with Crippen LogP contribution in [-0.4, -0.2) is 23.3 Å². The summed E-state index contributed by atoms with van der Waals surface area (Å²) < 4.78 is 4.62. The summed E-state index contributed by atoms with van der Waals surface area (Å²) in [6.45, 7) is 0. The summed E-state index contributed by atoms with van der Waals surface area (Å²) in [5.41, 5.74) is 7.24. The molecule has 86 valence electrons. The number of carbonyl (C=O) groups is 1. The average molecular weight is 229 g/mol. The number of hydrogen-bond acceptors (Lipinski definition) is 5. The third-order valence-corrected chi connectivity index (χ3v) is 2.30. The van der Waals surface area contributed by atoms with Gasteiger partial charge in [0.25, 0.3) is 0 Å². The van der Waals surface area contributed by atoms with Gasteiger partial charge in [0, 0.05) is 5.56 Å². The predicted molar refractivity (Wildman–Crippen MR) is 63.2 cm³/mol. The van der Waals surface area contributed by atoms with E-state index in [2.05, 4.69) is 14.9 Å². The van der Waals surface area contributed by atoms with Gasteiger partial charge in [-0.2, -0.15) is 0 Å². The number of ether oxygens (including phenoxy) is 1. The number of benzene rings is 1. The Morgan fingerprint density at radius 1 is 1.24 bits per heavy atom. The quantitative estimate of drug-likeness (QED) is 0.790. The van der Waals surface area contributed by atoms with Crippen molar-refractivity contribution in [3.8, 4) is 11.3 Å². The minimum absolute atomic E-state index is 0.0662. The summed E-state index contributed by atoms with van der Waals surface area (Å²) in [6.07, 6.45) is 0.